The third-order valence-corrected chi connectivity index (χ3v) is 12.3. The summed E-state index contributed by atoms with van der Waals surface area (Å²) >= 11 is 0. The van der Waals surface area contributed by atoms with Crippen LogP contribution in [0, 0.1) is 5.92 Å². The highest BCUT2D eigenvalue weighted by molar-refractivity contribution is 5.98. The van der Waals surface area contributed by atoms with Crippen molar-refractivity contribution in [2.75, 3.05) is 33.2 Å². The molecule has 0 unspecified atom stereocenters. The summed E-state index contributed by atoms with van der Waals surface area (Å²) in [6.07, 6.45) is 4.57. The zero-order valence-electron chi connectivity index (χ0n) is 40.3. The average Bonchev–Trinajstić information content (AvgIpc) is 4.15. The van der Waals surface area contributed by atoms with Gasteiger partial charge >= 0.3 is 5.97 Å². The number of carbonyl (C=O) groups is 8. The number of aromatic nitrogens is 2. The fourth-order valence-electron chi connectivity index (χ4n) is 8.70. The van der Waals surface area contributed by atoms with E-state index in [1.54, 1.807) is 63.4 Å². The Bertz CT molecular complexity index is 2330. The molecule has 0 saturated carbocycles. The monoisotopic (exact) mass is 986 g/mol. The number of aliphatic imine (C=N–C) groups is 1. The number of guanidine groups is 1. The van der Waals surface area contributed by atoms with E-state index < -0.39 is 95.5 Å². The number of carboxylic acid groups (broad SMARTS) is 1. The van der Waals surface area contributed by atoms with Crippen LogP contribution in [-0.4, -0.2) is 159 Å². The molecule has 3 aromatic rings. The van der Waals surface area contributed by atoms with Crippen molar-refractivity contribution in [2.24, 2.45) is 22.4 Å². The molecule has 71 heavy (non-hydrogen) atoms. The first-order chi connectivity index (χ1) is 33.9. The van der Waals surface area contributed by atoms with Gasteiger partial charge in [-0.2, -0.15) is 0 Å². The van der Waals surface area contributed by atoms with Gasteiger partial charge in [-0.25, -0.2) is 9.78 Å². The second-order valence-corrected chi connectivity index (χ2v) is 18.1. The van der Waals surface area contributed by atoms with Crippen LogP contribution in [-0.2, 0) is 57.6 Å². The average molecular weight is 986 g/mol. The number of imidazole rings is 1. The molecule has 7 atom stereocenters. The van der Waals surface area contributed by atoms with Gasteiger partial charge in [0, 0.05) is 50.8 Å². The molecule has 0 radical (unpaired) electrons. The SMILES string of the molecule is CNCC(=O)N[C@@H](CCCN=C(N)N)C(=O)N[C@H](C(=O)N[C@H](Cc1ccc(O)cc1)C(=O)N1CCC[C@H]1C(=O)N[C@@H](Cc1cnc[nH]1)C(=O)N1CCC[C@H]1C(=O)N[C@@H](Cc1ccccc1)C(=O)O)C(C)C. The molecule has 2 aliphatic heterocycles. The highest BCUT2D eigenvalue weighted by Gasteiger charge is 2.43. The van der Waals surface area contributed by atoms with Gasteiger partial charge in [0.2, 0.25) is 41.4 Å². The number of rotatable bonds is 25. The van der Waals surface area contributed by atoms with Gasteiger partial charge in [-0.05, 0) is 74.8 Å². The van der Waals surface area contributed by atoms with E-state index in [2.05, 4.69) is 46.9 Å². The van der Waals surface area contributed by atoms with Crippen LogP contribution in [0.2, 0.25) is 0 Å². The molecule has 0 spiro atoms. The summed E-state index contributed by atoms with van der Waals surface area (Å²) in [5.41, 5.74) is 12.7. The number of benzene rings is 2. The molecule has 2 aliphatic rings. The molecule has 2 fully saturated rings. The van der Waals surface area contributed by atoms with Crippen molar-refractivity contribution in [3.05, 3.63) is 83.9 Å². The lowest BCUT2D eigenvalue weighted by molar-refractivity contribution is -0.145. The number of carboxylic acids is 1. The Morgan fingerprint density at radius 1 is 0.746 bits per heavy atom. The predicted octanol–water partition coefficient (Wildman–Crippen LogP) is -1.44. The molecule has 0 bridgehead atoms. The van der Waals surface area contributed by atoms with Crippen molar-refractivity contribution in [3.8, 4) is 5.75 Å². The number of likely N-dealkylation sites (N-methyl/N-ethyl adjacent to an activating group) is 1. The zero-order chi connectivity index (χ0) is 51.6. The fourth-order valence-corrected chi connectivity index (χ4v) is 8.70. The summed E-state index contributed by atoms with van der Waals surface area (Å²) in [6, 6.07) is 6.69. The number of nitrogens with one attached hydrogen (secondary N) is 7. The minimum absolute atomic E-state index is 0.0223. The Morgan fingerprint density at radius 2 is 1.32 bits per heavy atom. The van der Waals surface area contributed by atoms with Crippen molar-refractivity contribution < 1.29 is 48.6 Å². The van der Waals surface area contributed by atoms with Crippen LogP contribution in [0.1, 0.15) is 69.2 Å². The smallest absolute Gasteiger partial charge is 0.326 e. The van der Waals surface area contributed by atoms with Crippen molar-refractivity contribution in [2.45, 2.75) is 114 Å². The number of aromatic amines is 1. The molecule has 23 nitrogen and oxygen atoms in total. The Hall–Kier alpha value is -7.56. The molecule has 2 aromatic carbocycles. The molecule has 384 valence electrons. The predicted molar refractivity (Wildman–Crippen MR) is 260 cm³/mol. The number of nitrogens with two attached hydrogens (primary N) is 2. The largest absolute Gasteiger partial charge is 0.508 e. The van der Waals surface area contributed by atoms with Crippen LogP contribution in [0.3, 0.4) is 0 Å². The van der Waals surface area contributed by atoms with Crippen LogP contribution in [0.5, 0.6) is 5.75 Å². The molecule has 23 heteroatoms. The second-order valence-electron chi connectivity index (χ2n) is 18.1. The highest BCUT2D eigenvalue weighted by Crippen LogP contribution is 2.24. The summed E-state index contributed by atoms with van der Waals surface area (Å²) in [6.45, 7) is 3.80. The van der Waals surface area contributed by atoms with E-state index in [-0.39, 0.29) is 76.4 Å². The topological polar surface area (TPSA) is 349 Å². The van der Waals surface area contributed by atoms with Gasteiger partial charge in [0.15, 0.2) is 5.96 Å². The third kappa shape index (κ3) is 16.0. The van der Waals surface area contributed by atoms with Crippen LogP contribution in [0.15, 0.2) is 72.1 Å². The number of aliphatic carboxylic acids is 1. The number of carbonyl (C=O) groups excluding carboxylic acids is 7. The molecule has 3 heterocycles. The van der Waals surface area contributed by atoms with Gasteiger partial charge in [0.1, 0.15) is 48.0 Å². The maximum atomic E-state index is 14.8. The molecule has 13 N–H and O–H groups in total. The molecule has 1 aromatic heterocycles. The van der Waals surface area contributed by atoms with Gasteiger partial charge in [-0.15, -0.1) is 0 Å². The van der Waals surface area contributed by atoms with E-state index in [0.29, 0.717) is 36.1 Å². The lowest BCUT2D eigenvalue weighted by atomic mass is 9.99. The van der Waals surface area contributed by atoms with Gasteiger partial charge in [-0.1, -0.05) is 56.3 Å². The first kappa shape index (κ1) is 54.4. The first-order valence-electron chi connectivity index (χ1n) is 23.8. The van der Waals surface area contributed by atoms with Crippen LogP contribution >= 0.6 is 0 Å². The summed E-state index contributed by atoms with van der Waals surface area (Å²) in [7, 11) is 1.57. The minimum Gasteiger partial charge on any atom is -0.508 e. The normalized spacial score (nSPS) is 17.5. The number of likely N-dealkylation sites (tertiary alicyclic amines) is 2. The standard InChI is InChI=1S/C48H67N13O10/c1-28(2)40(59-41(64)33(55-39(63)26-51-3)12-7-19-53-48(49)50)44(67)57-34(22-30-15-17-32(62)18-16-30)45(68)60-20-8-13-37(60)42(65)56-35(24-31-25-52-27-54-31)46(69)61-21-9-14-38(61)43(66)58-36(47(70)71)23-29-10-5-4-6-11-29/h4-6,10-11,15-18,25,27-28,33-38,40,51,62H,7-9,12-14,19-24,26H2,1-3H3,(H,52,54)(H,55,63)(H,56,65)(H,57,67)(H,58,66)(H,59,64)(H,70,71)(H4,49,50,53)/t33-,34+,35-,36-,37-,38-,40-/m0/s1. The first-order valence-corrected chi connectivity index (χ1v) is 23.8. The summed E-state index contributed by atoms with van der Waals surface area (Å²) in [4.78, 5) is 124. The van der Waals surface area contributed by atoms with Crippen LogP contribution in [0.4, 0.5) is 0 Å². The zero-order valence-corrected chi connectivity index (χ0v) is 40.3. The van der Waals surface area contributed by atoms with Crippen molar-refractivity contribution in [3.63, 3.8) is 0 Å². The quantitative estimate of drug-likeness (QED) is 0.0263. The summed E-state index contributed by atoms with van der Waals surface area (Å²) in [5.74, 6) is -6.25. The Balaban J connectivity index is 1.34. The Morgan fingerprint density at radius 3 is 1.87 bits per heavy atom. The third-order valence-electron chi connectivity index (χ3n) is 12.3. The highest BCUT2D eigenvalue weighted by atomic mass is 16.4. The maximum absolute atomic E-state index is 14.8. The molecule has 0 aliphatic carbocycles. The van der Waals surface area contributed by atoms with Gasteiger partial charge in [0.05, 0.1) is 12.9 Å². The van der Waals surface area contributed by atoms with E-state index in [0.717, 1.165) is 0 Å². The van der Waals surface area contributed by atoms with Gasteiger partial charge < -0.3 is 68.4 Å². The number of phenols is 1. The van der Waals surface area contributed by atoms with Crippen LogP contribution < -0.4 is 43.4 Å². The van der Waals surface area contributed by atoms with Crippen molar-refractivity contribution in [1.82, 2.24) is 51.7 Å². The van der Waals surface area contributed by atoms with Crippen molar-refractivity contribution >= 4 is 53.3 Å². The number of nitrogens with zero attached hydrogens (tertiary/aromatic N) is 4. The van der Waals surface area contributed by atoms with E-state index in [4.69, 9.17) is 11.5 Å². The number of phenolic OH excluding ortho intramolecular Hbond substituents is 1. The molecule has 7 amide bonds. The van der Waals surface area contributed by atoms with E-state index >= 15 is 0 Å². The Labute approximate surface area is 411 Å². The fraction of sp³-hybridized carbons (Fsp3) is 0.500. The van der Waals surface area contributed by atoms with Crippen molar-refractivity contribution in [1.29, 1.82) is 0 Å². The van der Waals surface area contributed by atoms with E-state index in [1.807, 2.05) is 0 Å². The maximum Gasteiger partial charge on any atom is 0.326 e. The van der Waals surface area contributed by atoms with Gasteiger partial charge in [-0.3, -0.25) is 38.6 Å². The lowest BCUT2D eigenvalue weighted by Gasteiger charge is -2.32. The summed E-state index contributed by atoms with van der Waals surface area (Å²) in [5, 5.41) is 36.4. The molecular weight excluding hydrogens is 919 g/mol. The number of hydrogen-bond donors (Lipinski definition) is 11. The van der Waals surface area contributed by atoms with Gasteiger partial charge in [0.25, 0.3) is 0 Å². The van der Waals surface area contributed by atoms with Crippen LogP contribution in [0.25, 0.3) is 0 Å². The molecule has 2 saturated heterocycles. The number of aromatic hydroxyl groups is 1. The summed E-state index contributed by atoms with van der Waals surface area (Å²) < 4.78 is 0. The number of hydrogen-bond acceptors (Lipinski definition) is 12. The van der Waals surface area contributed by atoms with E-state index in [1.165, 1.54) is 34.5 Å². The lowest BCUT2D eigenvalue weighted by Crippen LogP contribution is -2.61. The molecular formula is C48H67N13O10. The molecule has 5 rings (SSSR count). The number of amides is 7. The number of H-pyrrole nitrogens is 1. The minimum atomic E-state index is -1.29. The second kappa shape index (κ2) is 26.4. The van der Waals surface area contributed by atoms with E-state index in [9.17, 15) is 48.6 Å². The Kier molecular flexibility index (Phi) is 20.2.